The lowest BCUT2D eigenvalue weighted by Crippen LogP contribution is -2.30. The molecular weight excluding hydrogens is 298 g/mol. The molecule has 0 atom stereocenters. The van der Waals surface area contributed by atoms with Crippen molar-refractivity contribution in [1.82, 2.24) is 15.3 Å². The SMILES string of the molecule is Cl.c1cnc(Oc2cccc(CNC3CCCCC3)c2)nc1. The van der Waals surface area contributed by atoms with Crippen LogP contribution in [0.1, 0.15) is 37.7 Å². The van der Waals surface area contributed by atoms with Crippen molar-refractivity contribution in [1.29, 1.82) is 0 Å². The van der Waals surface area contributed by atoms with Crippen LogP contribution in [0.3, 0.4) is 0 Å². The van der Waals surface area contributed by atoms with Crippen LogP contribution in [-0.4, -0.2) is 16.0 Å². The Morgan fingerprint density at radius 3 is 2.59 bits per heavy atom. The Labute approximate surface area is 137 Å². The average molecular weight is 320 g/mol. The van der Waals surface area contributed by atoms with E-state index in [1.807, 2.05) is 18.2 Å². The molecule has 0 spiro atoms. The molecule has 4 nitrogen and oxygen atoms in total. The lowest BCUT2D eigenvalue weighted by Gasteiger charge is -2.22. The first-order chi connectivity index (χ1) is 10.4. The van der Waals surface area contributed by atoms with Crippen LogP contribution in [0.25, 0.3) is 0 Å². The number of nitrogens with one attached hydrogen (secondary N) is 1. The van der Waals surface area contributed by atoms with Crippen LogP contribution < -0.4 is 10.1 Å². The smallest absolute Gasteiger partial charge is 0.321 e. The Bertz CT molecular complexity index is 559. The van der Waals surface area contributed by atoms with Crippen LogP contribution >= 0.6 is 12.4 Å². The number of benzene rings is 1. The minimum atomic E-state index is 0. The minimum Gasteiger partial charge on any atom is -0.424 e. The first-order valence-electron chi connectivity index (χ1n) is 7.67. The van der Waals surface area contributed by atoms with E-state index in [1.165, 1.54) is 37.7 Å². The fourth-order valence-corrected chi connectivity index (χ4v) is 2.73. The van der Waals surface area contributed by atoms with E-state index in [-0.39, 0.29) is 12.4 Å². The molecule has 118 valence electrons. The van der Waals surface area contributed by atoms with Gasteiger partial charge in [-0.25, -0.2) is 9.97 Å². The highest BCUT2D eigenvalue weighted by atomic mass is 35.5. The summed E-state index contributed by atoms with van der Waals surface area (Å²) in [5.74, 6) is 0.782. The van der Waals surface area contributed by atoms with Gasteiger partial charge in [0, 0.05) is 25.0 Å². The molecule has 1 N–H and O–H groups in total. The van der Waals surface area contributed by atoms with Crippen LogP contribution in [-0.2, 0) is 6.54 Å². The first kappa shape index (κ1) is 16.7. The molecule has 1 fully saturated rings. The van der Waals surface area contributed by atoms with Gasteiger partial charge in [0.15, 0.2) is 0 Å². The topological polar surface area (TPSA) is 47.0 Å². The van der Waals surface area contributed by atoms with Gasteiger partial charge in [0.05, 0.1) is 0 Å². The van der Waals surface area contributed by atoms with E-state index in [0.29, 0.717) is 12.1 Å². The van der Waals surface area contributed by atoms with Gasteiger partial charge < -0.3 is 10.1 Å². The summed E-state index contributed by atoms with van der Waals surface area (Å²) >= 11 is 0. The summed E-state index contributed by atoms with van der Waals surface area (Å²) in [6.07, 6.45) is 10.0. The molecule has 1 aliphatic carbocycles. The zero-order valence-corrected chi connectivity index (χ0v) is 13.4. The highest BCUT2D eigenvalue weighted by Gasteiger charge is 2.12. The van der Waals surface area contributed by atoms with Crippen LogP contribution in [0.5, 0.6) is 11.8 Å². The van der Waals surface area contributed by atoms with E-state index in [2.05, 4.69) is 21.4 Å². The van der Waals surface area contributed by atoms with Crippen molar-refractivity contribution in [2.24, 2.45) is 0 Å². The number of aromatic nitrogens is 2. The van der Waals surface area contributed by atoms with Crippen molar-refractivity contribution in [2.45, 2.75) is 44.7 Å². The summed E-state index contributed by atoms with van der Waals surface area (Å²) in [6, 6.07) is 10.9. The van der Waals surface area contributed by atoms with Crippen molar-refractivity contribution in [3.8, 4) is 11.8 Å². The monoisotopic (exact) mass is 319 g/mol. The number of ether oxygens (including phenoxy) is 1. The maximum Gasteiger partial charge on any atom is 0.321 e. The van der Waals surface area contributed by atoms with Gasteiger partial charge >= 0.3 is 6.01 Å². The van der Waals surface area contributed by atoms with Crippen molar-refractivity contribution in [3.63, 3.8) is 0 Å². The van der Waals surface area contributed by atoms with Crippen LogP contribution in [0, 0.1) is 0 Å². The zero-order chi connectivity index (χ0) is 14.3. The van der Waals surface area contributed by atoms with Gasteiger partial charge in [-0.3, -0.25) is 0 Å². The lowest BCUT2D eigenvalue weighted by atomic mass is 9.95. The molecule has 2 aromatic rings. The van der Waals surface area contributed by atoms with Crippen molar-refractivity contribution >= 4 is 12.4 Å². The molecule has 0 unspecified atom stereocenters. The normalized spacial score (nSPS) is 15.1. The summed E-state index contributed by atoms with van der Waals surface area (Å²) in [6.45, 7) is 0.886. The summed E-state index contributed by atoms with van der Waals surface area (Å²) in [5, 5.41) is 3.64. The Morgan fingerprint density at radius 2 is 1.82 bits per heavy atom. The predicted molar refractivity (Wildman–Crippen MR) is 89.5 cm³/mol. The van der Waals surface area contributed by atoms with E-state index < -0.39 is 0 Å². The maximum atomic E-state index is 5.66. The quantitative estimate of drug-likeness (QED) is 0.900. The Hall–Kier alpha value is -1.65. The van der Waals surface area contributed by atoms with Crippen molar-refractivity contribution in [3.05, 3.63) is 48.3 Å². The van der Waals surface area contributed by atoms with Crippen LogP contribution in [0.2, 0.25) is 0 Å². The number of hydrogen-bond acceptors (Lipinski definition) is 4. The van der Waals surface area contributed by atoms with Gasteiger partial charge in [0.1, 0.15) is 5.75 Å². The highest BCUT2D eigenvalue weighted by Crippen LogP contribution is 2.20. The van der Waals surface area contributed by atoms with E-state index in [9.17, 15) is 0 Å². The van der Waals surface area contributed by atoms with Crippen LogP contribution in [0.4, 0.5) is 0 Å². The van der Waals surface area contributed by atoms with Gasteiger partial charge in [-0.05, 0) is 36.6 Å². The van der Waals surface area contributed by atoms with Crippen molar-refractivity contribution in [2.75, 3.05) is 0 Å². The second-order valence-corrected chi connectivity index (χ2v) is 5.50. The minimum absolute atomic E-state index is 0. The molecule has 22 heavy (non-hydrogen) atoms. The molecular formula is C17H22ClN3O. The average Bonchev–Trinajstić information content (AvgIpc) is 2.55. The predicted octanol–water partition coefficient (Wildman–Crippen LogP) is 4.11. The third-order valence-electron chi connectivity index (χ3n) is 3.85. The maximum absolute atomic E-state index is 5.66. The highest BCUT2D eigenvalue weighted by molar-refractivity contribution is 5.85. The standard InChI is InChI=1S/C17H21N3O.ClH/c1-2-7-15(8-3-1)20-13-14-6-4-9-16(12-14)21-17-18-10-5-11-19-17;/h4-6,9-12,15,20H,1-3,7-8,13H2;1H. The number of halogens is 1. The molecule has 0 amide bonds. The number of hydrogen-bond donors (Lipinski definition) is 1. The Kier molecular flexibility index (Phi) is 6.62. The fraction of sp³-hybridized carbons (Fsp3) is 0.412. The summed E-state index contributed by atoms with van der Waals surface area (Å²) in [7, 11) is 0. The van der Waals surface area contributed by atoms with Gasteiger partial charge in [-0.2, -0.15) is 0 Å². The Balaban J connectivity index is 0.00000176. The molecule has 3 rings (SSSR count). The van der Waals surface area contributed by atoms with Crippen LogP contribution in [0.15, 0.2) is 42.7 Å². The third kappa shape index (κ3) is 4.97. The van der Waals surface area contributed by atoms with E-state index in [4.69, 9.17) is 4.74 Å². The second-order valence-electron chi connectivity index (χ2n) is 5.50. The van der Waals surface area contributed by atoms with Gasteiger partial charge in [0.25, 0.3) is 0 Å². The molecule has 1 saturated carbocycles. The first-order valence-corrected chi connectivity index (χ1v) is 7.67. The zero-order valence-electron chi connectivity index (χ0n) is 12.6. The molecule has 0 aliphatic heterocycles. The molecule has 0 saturated heterocycles. The molecule has 1 aromatic heterocycles. The molecule has 1 aliphatic rings. The number of rotatable bonds is 5. The lowest BCUT2D eigenvalue weighted by molar-refractivity contribution is 0.372. The summed E-state index contributed by atoms with van der Waals surface area (Å²) in [4.78, 5) is 8.15. The van der Waals surface area contributed by atoms with Gasteiger partial charge in [-0.15, -0.1) is 12.4 Å². The van der Waals surface area contributed by atoms with Crippen molar-refractivity contribution < 1.29 is 4.74 Å². The largest absolute Gasteiger partial charge is 0.424 e. The summed E-state index contributed by atoms with van der Waals surface area (Å²) in [5.41, 5.74) is 1.23. The van der Waals surface area contributed by atoms with Gasteiger partial charge in [-0.1, -0.05) is 31.4 Å². The van der Waals surface area contributed by atoms with E-state index >= 15 is 0 Å². The Morgan fingerprint density at radius 1 is 1.05 bits per heavy atom. The van der Waals surface area contributed by atoms with E-state index in [1.54, 1.807) is 18.5 Å². The van der Waals surface area contributed by atoms with E-state index in [0.717, 1.165) is 12.3 Å². The fourth-order valence-electron chi connectivity index (χ4n) is 2.73. The molecule has 0 radical (unpaired) electrons. The molecule has 1 aromatic carbocycles. The molecule has 5 heteroatoms. The second kappa shape index (κ2) is 8.71. The molecule has 1 heterocycles. The number of nitrogens with zero attached hydrogens (tertiary/aromatic N) is 2. The third-order valence-corrected chi connectivity index (χ3v) is 3.85. The molecule has 0 bridgehead atoms. The summed E-state index contributed by atoms with van der Waals surface area (Å²) < 4.78 is 5.66. The van der Waals surface area contributed by atoms with Gasteiger partial charge in [0.2, 0.25) is 0 Å².